The molecule has 0 aliphatic rings. The largest absolute Gasteiger partial charge is 0.497 e. The SMILES string of the molecule is COc1ccc(Cn2c(=O)n(CC(F)(F)C(F)(F)F)c3cnc(-c4nn(Cc5ccccc5F)c5ncccc45)nc32)c(OC)c1. The second-order valence-corrected chi connectivity index (χ2v) is 10.2. The number of ether oxygens (including phenoxy) is 2. The molecule has 0 bridgehead atoms. The van der Waals surface area contributed by atoms with Crippen molar-refractivity contribution in [3.8, 4) is 23.0 Å². The number of methoxy groups -OCH3 is 2. The van der Waals surface area contributed by atoms with Crippen molar-refractivity contribution < 1.29 is 35.8 Å². The van der Waals surface area contributed by atoms with Crippen molar-refractivity contribution in [3.05, 3.63) is 94.4 Å². The summed E-state index contributed by atoms with van der Waals surface area (Å²) >= 11 is 0. The normalized spacial score (nSPS) is 12.3. The number of alkyl halides is 5. The van der Waals surface area contributed by atoms with Gasteiger partial charge in [0.15, 0.2) is 17.1 Å². The van der Waals surface area contributed by atoms with Crippen LogP contribution in [-0.2, 0) is 19.6 Å². The fourth-order valence-corrected chi connectivity index (χ4v) is 5.02. The van der Waals surface area contributed by atoms with Gasteiger partial charge in [-0.25, -0.2) is 28.8 Å². The van der Waals surface area contributed by atoms with Crippen LogP contribution in [0, 0.1) is 5.82 Å². The molecular weight excluding hydrogens is 620 g/mol. The lowest BCUT2D eigenvalue weighted by atomic mass is 10.2. The van der Waals surface area contributed by atoms with Gasteiger partial charge in [0.1, 0.15) is 35.1 Å². The third kappa shape index (κ3) is 5.39. The van der Waals surface area contributed by atoms with Crippen LogP contribution < -0.4 is 15.2 Å². The molecule has 4 heterocycles. The molecule has 0 fully saturated rings. The second-order valence-electron chi connectivity index (χ2n) is 10.2. The highest BCUT2D eigenvalue weighted by Gasteiger charge is 2.58. The van der Waals surface area contributed by atoms with Gasteiger partial charge in [0, 0.05) is 23.4 Å². The van der Waals surface area contributed by atoms with Gasteiger partial charge in [0.2, 0.25) is 0 Å². The average Bonchev–Trinajstić information content (AvgIpc) is 3.52. The minimum absolute atomic E-state index is 0.00664. The molecule has 16 heteroatoms. The van der Waals surface area contributed by atoms with E-state index in [4.69, 9.17) is 9.47 Å². The first-order valence-corrected chi connectivity index (χ1v) is 13.6. The number of hydrogen-bond acceptors (Lipinski definition) is 7. The van der Waals surface area contributed by atoms with Crippen LogP contribution >= 0.6 is 0 Å². The van der Waals surface area contributed by atoms with Crippen LogP contribution in [0.15, 0.2) is 71.8 Å². The standard InChI is InChI=1S/C30H23F6N7O3/c1-45-19-10-9-18(23(12-19)46-2)14-41-27-22(42(28(41)44)16-29(32,33)30(34,35)36)13-38-25(39-27)24-20-7-5-11-37-26(20)43(40-24)15-17-6-3-4-8-21(17)31/h3-13H,14-16H2,1-2H3. The summed E-state index contributed by atoms with van der Waals surface area (Å²) in [7, 11) is 2.80. The number of pyridine rings is 1. The lowest BCUT2D eigenvalue weighted by molar-refractivity contribution is -0.286. The number of nitrogens with zero attached hydrogens (tertiary/aromatic N) is 7. The monoisotopic (exact) mass is 643 g/mol. The van der Waals surface area contributed by atoms with Crippen LogP contribution in [0.3, 0.4) is 0 Å². The molecule has 10 nitrogen and oxygen atoms in total. The fraction of sp³-hybridized carbons (Fsp3) is 0.233. The topological polar surface area (TPSA) is 102 Å². The highest BCUT2D eigenvalue weighted by molar-refractivity contribution is 5.90. The predicted octanol–water partition coefficient (Wildman–Crippen LogP) is 5.46. The Hall–Kier alpha value is -5.41. The Bertz CT molecular complexity index is 2140. The average molecular weight is 644 g/mol. The zero-order valence-corrected chi connectivity index (χ0v) is 24.1. The molecule has 46 heavy (non-hydrogen) atoms. The van der Waals surface area contributed by atoms with Gasteiger partial charge in [-0.3, -0.25) is 9.13 Å². The molecule has 6 rings (SSSR count). The summed E-state index contributed by atoms with van der Waals surface area (Å²) in [5.74, 6) is -5.08. The lowest BCUT2D eigenvalue weighted by Crippen LogP contribution is -2.43. The van der Waals surface area contributed by atoms with Crippen molar-refractivity contribution in [2.45, 2.75) is 31.7 Å². The summed E-state index contributed by atoms with van der Waals surface area (Å²) in [5.41, 5.74) is -0.547. The Morgan fingerprint density at radius 2 is 1.63 bits per heavy atom. The van der Waals surface area contributed by atoms with E-state index in [0.717, 1.165) is 10.8 Å². The molecule has 238 valence electrons. The summed E-state index contributed by atoms with van der Waals surface area (Å²) in [5, 5.41) is 5.00. The van der Waals surface area contributed by atoms with E-state index in [1.165, 1.54) is 37.2 Å². The first kappa shape index (κ1) is 30.6. The maximum absolute atomic E-state index is 14.5. The van der Waals surface area contributed by atoms with Crippen LogP contribution in [0.5, 0.6) is 11.5 Å². The first-order valence-electron chi connectivity index (χ1n) is 13.6. The van der Waals surface area contributed by atoms with Crippen LogP contribution in [0.4, 0.5) is 26.3 Å². The van der Waals surface area contributed by atoms with Crippen LogP contribution in [0.25, 0.3) is 33.7 Å². The quantitative estimate of drug-likeness (QED) is 0.193. The third-order valence-corrected chi connectivity index (χ3v) is 7.35. The van der Waals surface area contributed by atoms with E-state index in [0.29, 0.717) is 32.5 Å². The molecule has 0 aliphatic carbocycles. The summed E-state index contributed by atoms with van der Waals surface area (Å²) in [6.07, 6.45) is -3.42. The van der Waals surface area contributed by atoms with Gasteiger partial charge in [-0.2, -0.15) is 27.1 Å². The highest BCUT2D eigenvalue weighted by atomic mass is 19.4. The van der Waals surface area contributed by atoms with Crippen LogP contribution in [0.1, 0.15) is 11.1 Å². The van der Waals surface area contributed by atoms with E-state index < -0.39 is 30.2 Å². The molecule has 2 aromatic carbocycles. The number of rotatable bonds is 9. The molecule has 0 aliphatic heterocycles. The molecule has 0 spiro atoms. The number of imidazole rings is 1. The molecule has 0 saturated carbocycles. The zero-order valence-electron chi connectivity index (χ0n) is 24.1. The van der Waals surface area contributed by atoms with E-state index >= 15 is 0 Å². The Kier molecular flexibility index (Phi) is 7.65. The fourth-order valence-electron chi connectivity index (χ4n) is 5.02. The summed E-state index contributed by atoms with van der Waals surface area (Å²) in [6, 6.07) is 14.0. The van der Waals surface area contributed by atoms with Gasteiger partial charge in [0.05, 0.1) is 38.9 Å². The van der Waals surface area contributed by atoms with Gasteiger partial charge in [-0.15, -0.1) is 0 Å². The van der Waals surface area contributed by atoms with Gasteiger partial charge >= 0.3 is 17.8 Å². The number of benzene rings is 2. The lowest BCUT2D eigenvalue weighted by Gasteiger charge is -2.19. The van der Waals surface area contributed by atoms with Crippen molar-refractivity contribution in [1.82, 2.24) is 33.9 Å². The van der Waals surface area contributed by atoms with Crippen molar-refractivity contribution in [1.29, 1.82) is 0 Å². The van der Waals surface area contributed by atoms with Crippen molar-refractivity contribution in [2.24, 2.45) is 0 Å². The molecule has 0 amide bonds. The smallest absolute Gasteiger partial charge is 0.455 e. The van der Waals surface area contributed by atoms with Gasteiger partial charge in [0.25, 0.3) is 0 Å². The summed E-state index contributed by atoms with van der Waals surface area (Å²) < 4.78 is 95.9. The molecule has 0 N–H and O–H groups in total. The van der Waals surface area contributed by atoms with Gasteiger partial charge in [-0.05, 0) is 30.3 Å². The first-order chi connectivity index (χ1) is 21.9. The highest BCUT2D eigenvalue weighted by Crippen LogP contribution is 2.37. The van der Waals surface area contributed by atoms with E-state index in [1.807, 2.05) is 0 Å². The molecule has 0 unspecified atom stereocenters. The maximum atomic E-state index is 14.5. The second kappa shape index (κ2) is 11.5. The summed E-state index contributed by atoms with van der Waals surface area (Å²) in [4.78, 5) is 26.6. The number of halogens is 6. The third-order valence-electron chi connectivity index (χ3n) is 7.35. The van der Waals surface area contributed by atoms with Crippen LogP contribution in [-0.4, -0.2) is 60.2 Å². The maximum Gasteiger partial charge on any atom is 0.455 e. The van der Waals surface area contributed by atoms with Gasteiger partial charge < -0.3 is 9.47 Å². The van der Waals surface area contributed by atoms with Crippen molar-refractivity contribution >= 4 is 22.2 Å². The van der Waals surface area contributed by atoms with E-state index in [-0.39, 0.29) is 41.5 Å². The zero-order chi connectivity index (χ0) is 32.8. The van der Waals surface area contributed by atoms with Crippen LogP contribution in [0.2, 0.25) is 0 Å². The Morgan fingerprint density at radius 1 is 0.848 bits per heavy atom. The van der Waals surface area contributed by atoms with Crippen molar-refractivity contribution in [2.75, 3.05) is 14.2 Å². The Labute approximate surface area is 255 Å². The van der Waals surface area contributed by atoms with E-state index in [2.05, 4.69) is 20.1 Å². The Balaban J connectivity index is 1.53. The molecule has 6 aromatic rings. The van der Waals surface area contributed by atoms with E-state index in [1.54, 1.807) is 42.5 Å². The summed E-state index contributed by atoms with van der Waals surface area (Å²) in [6.45, 7) is -2.31. The van der Waals surface area contributed by atoms with E-state index in [9.17, 15) is 31.1 Å². The van der Waals surface area contributed by atoms with Crippen molar-refractivity contribution in [3.63, 3.8) is 0 Å². The molecule has 0 atom stereocenters. The number of hydrogen-bond donors (Lipinski definition) is 0. The number of aromatic nitrogens is 7. The minimum Gasteiger partial charge on any atom is -0.497 e. The van der Waals surface area contributed by atoms with Gasteiger partial charge in [-0.1, -0.05) is 18.2 Å². The number of fused-ring (bicyclic) bond motifs is 2. The Morgan fingerprint density at radius 3 is 2.35 bits per heavy atom. The molecule has 4 aromatic heterocycles. The minimum atomic E-state index is -5.92. The molecule has 0 radical (unpaired) electrons. The molecule has 0 saturated heterocycles. The predicted molar refractivity (Wildman–Crippen MR) is 153 cm³/mol. The molecular formula is C30H23F6N7O3.